The molecule has 0 atom stereocenters. The monoisotopic (exact) mass is 239 g/mol. The second-order valence-corrected chi connectivity index (χ2v) is 4.79. The zero-order valence-electron chi connectivity index (χ0n) is 7.58. The van der Waals surface area contributed by atoms with Crippen LogP contribution in [0.1, 0.15) is 5.56 Å². The van der Waals surface area contributed by atoms with Gasteiger partial charge in [0.2, 0.25) is 0 Å². The highest BCUT2D eigenvalue weighted by Gasteiger charge is 2.13. The van der Waals surface area contributed by atoms with Crippen LogP contribution >= 0.6 is 23.1 Å². The molecule has 2 rings (SSSR count). The van der Waals surface area contributed by atoms with Crippen molar-refractivity contribution in [2.45, 2.75) is 4.21 Å². The van der Waals surface area contributed by atoms with Crippen molar-refractivity contribution in [1.29, 1.82) is 5.26 Å². The van der Waals surface area contributed by atoms with Crippen LogP contribution in [0.4, 0.5) is 0 Å². The molecule has 2 N–H and O–H groups in total. The van der Waals surface area contributed by atoms with E-state index in [1.165, 1.54) is 23.1 Å². The Morgan fingerprint density at radius 2 is 2.00 bits per heavy atom. The Morgan fingerprint density at radius 3 is 2.60 bits per heavy atom. The van der Waals surface area contributed by atoms with Gasteiger partial charge in [-0.1, -0.05) is 0 Å². The molecule has 0 aromatic carbocycles. The van der Waals surface area contributed by atoms with Crippen LogP contribution in [-0.4, -0.2) is 16.2 Å². The molecule has 2 aromatic rings. The standard InChI is InChI=1S/C8H5N3O2S2/c1-14-8-3(2-9)4-7(15-8)11-6(13)5(12)10-4/h1H3,(H,10,12)(H,11,13). The number of thioether (sulfide) groups is 1. The molecule has 0 bridgehead atoms. The summed E-state index contributed by atoms with van der Waals surface area (Å²) in [6.07, 6.45) is 1.84. The number of nitrogens with zero attached hydrogens (tertiary/aromatic N) is 1. The van der Waals surface area contributed by atoms with E-state index in [1.807, 2.05) is 12.3 Å². The third kappa shape index (κ3) is 1.48. The number of thiophene rings is 1. The minimum Gasteiger partial charge on any atom is -0.314 e. The minimum absolute atomic E-state index is 0.413. The Hall–Kier alpha value is -1.52. The molecule has 0 unspecified atom stereocenters. The van der Waals surface area contributed by atoms with Crippen LogP contribution in [0.15, 0.2) is 13.8 Å². The third-order valence-electron chi connectivity index (χ3n) is 1.84. The molecule has 0 saturated carbocycles. The van der Waals surface area contributed by atoms with Crippen LogP contribution in [0, 0.1) is 11.3 Å². The van der Waals surface area contributed by atoms with Gasteiger partial charge in [-0.05, 0) is 6.26 Å². The van der Waals surface area contributed by atoms with Crippen LogP contribution in [-0.2, 0) is 0 Å². The highest BCUT2D eigenvalue weighted by atomic mass is 32.2. The summed E-state index contributed by atoms with van der Waals surface area (Å²) >= 11 is 2.70. The Kier molecular flexibility index (Phi) is 2.38. The number of hydrogen-bond acceptors (Lipinski definition) is 5. The van der Waals surface area contributed by atoms with Gasteiger partial charge in [0.1, 0.15) is 16.5 Å². The first kappa shape index (κ1) is 10.0. The molecular weight excluding hydrogens is 234 g/mol. The van der Waals surface area contributed by atoms with Gasteiger partial charge in [-0.2, -0.15) is 5.26 Å². The van der Waals surface area contributed by atoms with Gasteiger partial charge in [0.05, 0.1) is 9.73 Å². The Balaban J connectivity index is 2.98. The lowest BCUT2D eigenvalue weighted by molar-refractivity contribution is 1.15. The number of H-pyrrole nitrogens is 2. The van der Waals surface area contributed by atoms with Gasteiger partial charge in [0, 0.05) is 0 Å². The minimum atomic E-state index is -0.732. The van der Waals surface area contributed by atoms with Crippen LogP contribution in [0.3, 0.4) is 0 Å². The Bertz CT molecular complexity index is 674. The number of nitriles is 1. The molecule has 0 saturated heterocycles. The first-order chi connectivity index (χ1) is 7.17. The number of nitrogens with one attached hydrogen (secondary N) is 2. The van der Waals surface area contributed by atoms with Gasteiger partial charge < -0.3 is 9.97 Å². The summed E-state index contributed by atoms with van der Waals surface area (Å²) in [7, 11) is 0. The molecule has 7 heteroatoms. The van der Waals surface area contributed by atoms with Crippen molar-refractivity contribution in [3.05, 3.63) is 26.3 Å². The fraction of sp³-hybridized carbons (Fsp3) is 0.125. The van der Waals surface area contributed by atoms with Gasteiger partial charge >= 0.3 is 11.1 Å². The summed E-state index contributed by atoms with van der Waals surface area (Å²) in [6.45, 7) is 0. The number of rotatable bonds is 1. The highest BCUT2D eigenvalue weighted by Crippen LogP contribution is 2.33. The van der Waals surface area contributed by atoms with Crippen LogP contribution in [0.25, 0.3) is 10.3 Å². The maximum absolute atomic E-state index is 11.1. The Labute approximate surface area is 91.8 Å². The van der Waals surface area contributed by atoms with E-state index in [1.54, 1.807) is 0 Å². The first-order valence-corrected chi connectivity index (χ1v) is 5.94. The molecule has 0 spiro atoms. The molecule has 0 aliphatic rings. The van der Waals surface area contributed by atoms with E-state index in [0.29, 0.717) is 15.9 Å². The molecule has 0 fully saturated rings. The van der Waals surface area contributed by atoms with E-state index in [2.05, 4.69) is 9.97 Å². The van der Waals surface area contributed by atoms with Crippen molar-refractivity contribution in [1.82, 2.24) is 9.97 Å². The molecule has 76 valence electrons. The summed E-state index contributed by atoms with van der Waals surface area (Å²) in [5, 5.41) is 8.93. The van der Waals surface area contributed by atoms with Crippen molar-refractivity contribution in [2.24, 2.45) is 0 Å². The number of hydrogen-bond donors (Lipinski definition) is 2. The number of fused-ring (bicyclic) bond motifs is 1. The third-order valence-corrected chi connectivity index (χ3v) is 4.07. The molecule has 2 aromatic heterocycles. The topological polar surface area (TPSA) is 89.5 Å². The zero-order valence-corrected chi connectivity index (χ0v) is 9.21. The van der Waals surface area contributed by atoms with E-state index in [9.17, 15) is 9.59 Å². The average molecular weight is 239 g/mol. The molecule has 0 amide bonds. The van der Waals surface area contributed by atoms with E-state index >= 15 is 0 Å². The predicted octanol–water partition coefficient (Wildman–Crippen LogP) is 0.871. The molecule has 2 heterocycles. The van der Waals surface area contributed by atoms with Crippen molar-refractivity contribution in [3.8, 4) is 6.07 Å². The fourth-order valence-electron chi connectivity index (χ4n) is 1.19. The molecule has 15 heavy (non-hydrogen) atoms. The van der Waals surface area contributed by atoms with E-state index in [0.717, 1.165) is 4.21 Å². The molecule has 5 nitrogen and oxygen atoms in total. The summed E-state index contributed by atoms with van der Waals surface area (Å²) in [5.74, 6) is 0. The maximum atomic E-state index is 11.1. The van der Waals surface area contributed by atoms with Gasteiger partial charge in [-0.3, -0.25) is 9.59 Å². The maximum Gasteiger partial charge on any atom is 0.314 e. The second-order valence-electron chi connectivity index (χ2n) is 2.69. The molecule has 0 aliphatic heterocycles. The summed E-state index contributed by atoms with van der Waals surface area (Å²) < 4.78 is 0.782. The second kappa shape index (κ2) is 3.56. The van der Waals surface area contributed by atoms with Crippen LogP contribution in [0.5, 0.6) is 0 Å². The number of aromatic nitrogens is 2. The summed E-state index contributed by atoms with van der Waals surface area (Å²) in [6, 6.07) is 2.01. The first-order valence-electron chi connectivity index (χ1n) is 3.90. The smallest absolute Gasteiger partial charge is 0.314 e. The predicted molar refractivity (Wildman–Crippen MR) is 59.6 cm³/mol. The normalized spacial score (nSPS) is 10.4. The Morgan fingerprint density at radius 1 is 1.33 bits per heavy atom. The lowest BCUT2D eigenvalue weighted by atomic mass is 10.3. The highest BCUT2D eigenvalue weighted by molar-refractivity contribution is 8.00. The fourth-order valence-corrected chi connectivity index (χ4v) is 2.96. The quantitative estimate of drug-likeness (QED) is 0.571. The van der Waals surface area contributed by atoms with Gasteiger partial charge in [-0.25, -0.2) is 0 Å². The van der Waals surface area contributed by atoms with Crippen molar-refractivity contribution in [3.63, 3.8) is 0 Å². The van der Waals surface area contributed by atoms with E-state index < -0.39 is 11.1 Å². The molecule has 0 radical (unpaired) electrons. The van der Waals surface area contributed by atoms with Crippen molar-refractivity contribution in [2.75, 3.05) is 6.26 Å². The van der Waals surface area contributed by atoms with Gasteiger partial charge in [0.15, 0.2) is 0 Å². The lowest BCUT2D eigenvalue weighted by Gasteiger charge is -1.88. The van der Waals surface area contributed by atoms with Gasteiger partial charge in [-0.15, -0.1) is 23.1 Å². The van der Waals surface area contributed by atoms with Crippen molar-refractivity contribution < 1.29 is 0 Å². The average Bonchev–Trinajstić information content (AvgIpc) is 2.56. The summed E-state index contributed by atoms with van der Waals surface area (Å²) in [5.41, 5.74) is -0.599. The van der Waals surface area contributed by atoms with E-state index in [4.69, 9.17) is 5.26 Å². The SMILES string of the molecule is CSc1sc2[nH]c(=O)c(=O)[nH]c2c1C#N. The zero-order chi connectivity index (χ0) is 11.0. The molecular formula is C8H5N3O2S2. The van der Waals surface area contributed by atoms with Crippen LogP contribution < -0.4 is 11.1 Å². The van der Waals surface area contributed by atoms with Crippen LogP contribution in [0.2, 0.25) is 0 Å². The lowest BCUT2D eigenvalue weighted by Crippen LogP contribution is -2.28. The van der Waals surface area contributed by atoms with Crippen molar-refractivity contribution >= 4 is 33.4 Å². The number of aromatic amines is 2. The summed E-state index contributed by atoms with van der Waals surface area (Å²) in [4.78, 5) is 27.5. The largest absolute Gasteiger partial charge is 0.314 e. The van der Waals surface area contributed by atoms with Gasteiger partial charge in [0.25, 0.3) is 0 Å². The van der Waals surface area contributed by atoms with E-state index in [-0.39, 0.29) is 0 Å². The molecule has 0 aliphatic carbocycles.